The lowest BCUT2D eigenvalue weighted by Crippen LogP contribution is -2.30. The maximum atomic E-state index is 12.0. The number of hydrogen-bond acceptors (Lipinski definition) is 5. The van der Waals surface area contributed by atoms with Gasteiger partial charge in [0.15, 0.2) is 16.1 Å². The fourth-order valence-electron chi connectivity index (χ4n) is 2.05. The molecule has 1 aromatic heterocycles. The van der Waals surface area contributed by atoms with Crippen molar-refractivity contribution in [3.63, 3.8) is 0 Å². The van der Waals surface area contributed by atoms with E-state index in [9.17, 15) is 9.00 Å². The second-order valence-electron chi connectivity index (χ2n) is 6.24. The van der Waals surface area contributed by atoms with Crippen LogP contribution in [0.3, 0.4) is 0 Å². The van der Waals surface area contributed by atoms with Gasteiger partial charge in [0, 0.05) is 19.1 Å². The molecule has 3 aromatic rings. The van der Waals surface area contributed by atoms with E-state index in [1.54, 1.807) is 31.2 Å². The second-order valence-corrected chi connectivity index (χ2v) is 8.87. The molecule has 0 aliphatic rings. The van der Waals surface area contributed by atoms with E-state index in [1.807, 2.05) is 37.2 Å². The normalized spacial score (nSPS) is 11.1. The molecule has 2 N–H and O–H groups in total. The zero-order chi connectivity index (χ0) is 21.4. The summed E-state index contributed by atoms with van der Waals surface area (Å²) in [7, 11) is 2.09. The zero-order valence-electron chi connectivity index (χ0n) is 16.6. The first-order chi connectivity index (χ1) is 13.8. The number of carbonyl (C=O) groups is 1. The molecular formula is C20H23ClN4O2S2. The standard InChI is InChI=1S/C13H15ClN4O2S2.C7H8/c1-8-11(21-13(15-8)18(2)3)16-12(19)17-22(20)10-6-4-9(14)5-7-10;1-7-5-3-2-4-6-7/h4-7H,1-3H3,(H2,16,17,19);2-6H,1H3. The van der Waals surface area contributed by atoms with E-state index in [4.69, 9.17) is 11.6 Å². The van der Waals surface area contributed by atoms with Crippen molar-refractivity contribution in [3.05, 3.63) is 70.9 Å². The van der Waals surface area contributed by atoms with Crippen molar-refractivity contribution in [2.75, 3.05) is 24.3 Å². The lowest BCUT2D eigenvalue weighted by molar-refractivity contribution is 0.257. The minimum absolute atomic E-state index is 0.467. The number of nitrogens with zero attached hydrogens (tertiary/aromatic N) is 2. The van der Waals surface area contributed by atoms with E-state index < -0.39 is 17.0 Å². The van der Waals surface area contributed by atoms with Crippen molar-refractivity contribution < 1.29 is 9.00 Å². The molecule has 9 heteroatoms. The topological polar surface area (TPSA) is 74.3 Å². The quantitative estimate of drug-likeness (QED) is 0.585. The average molecular weight is 451 g/mol. The van der Waals surface area contributed by atoms with Crippen LogP contribution in [0.15, 0.2) is 59.5 Å². The number of aryl methyl sites for hydroxylation is 2. The largest absolute Gasteiger partial charge is 0.354 e. The van der Waals surface area contributed by atoms with Gasteiger partial charge < -0.3 is 4.90 Å². The van der Waals surface area contributed by atoms with Crippen molar-refractivity contribution in [2.24, 2.45) is 0 Å². The summed E-state index contributed by atoms with van der Waals surface area (Å²) in [6.45, 7) is 3.88. The molecule has 0 fully saturated rings. The van der Waals surface area contributed by atoms with Gasteiger partial charge in [-0.3, -0.25) is 10.0 Å². The van der Waals surface area contributed by atoms with Crippen molar-refractivity contribution in [3.8, 4) is 0 Å². The molecular weight excluding hydrogens is 428 g/mol. The molecule has 6 nitrogen and oxygen atoms in total. The Labute approximate surface area is 182 Å². The monoisotopic (exact) mass is 450 g/mol. The fraction of sp³-hybridized carbons (Fsp3) is 0.200. The molecule has 0 saturated heterocycles. The number of thiazole rings is 1. The summed E-state index contributed by atoms with van der Waals surface area (Å²) in [5.74, 6) is 0. The number of urea groups is 1. The van der Waals surface area contributed by atoms with E-state index in [-0.39, 0.29) is 0 Å². The number of benzene rings is 2. The molecule has 0 aliphatic heterocycles. The Kier molecular flexibility index (Phi) is 8.63. The lowest BCUT2D eigenvalue weighted by atomic mass is 10.2. The highest BCUT2D eigenvalue weighted by atomic mass is 35.5. The zero-order valence-corrected chi connectivity index (χ0v) is 19.0. The first-order valence-electron chi connectivity index (χ1n) is 8.67. The molecule has 1 heterocycles. The molecule has 29 heavy (non-hydrogen) atoms. The first kappa shape index (κ1) is 22.9. The third-order valence-electron chi connectivity index (χ3n) is 3.55. The summed E-state index contributed by atoms with van der Waals surface area (Å²) in [6.07, 6.45) is 0. The Hall–Kier alpha value is -2.42. The number of anilines is 2. The van der Waals surface area contributed by atoms with E-state index in [2.05, 4.69) is 34.1 Å². The summed E-state index contributed by atoms with van der Waals surface area (Å²) in [5, 5.41) is 4.60. The van der Waals surface area contributed by atoms with Gasteiger partial charge in [-0.15, -0.1) is 0 Å². The van der Waals surface area contributed by atoms with Gasteiger partial charge in [-0.25, -0.2) is 14.0 Å². The smallest absolute Gasteiger partial charge is 0.331 e. The maximum Gasteiger partial charge on any atom is 0.331 e. The van der Waals surface area contributed by atoms with Crippen LogP contribution in [0.2, 0.25) is 5.02 Å². The van der Waals surface area contributed by atoms with E-state index >= 15 is 0 Å². The highest BCUT2D eigenvalue weighted by molar-refractivity contribution is 7.83. The van der Waals surface area contributed by atoms with Crippen LogP contribution in [-0.2, 0) is 11.0 Å². The number of halogens is 1. The van der Waals surface area contributed by atoms with Gasteiger partial charge in [-0.2, -0.15) is 0 Å². The van der Waals surface area contributed by atoms with Crippen LogP contribution in [-0.4, -0.2) is 29.3 Å². The van der Waals surface area contributed by atoms with E-state index in [0.717, 1.165) is 5.13 Å². The fourth-order valence-corrected chi connectivity index (χ4v) is 3.79. The van der Waals surface area contributed by atoms with E-state index in [0.29, 0.717) is 20.6 Å². The molecule has 0 radical (unpaired) electrons. The number of hydrogen-bond donors (Lipinski definition) is 2. The Balaban J connectivity index is 0.000000360. The van der Waals surface area contributed by atoms with Gasteiger partial charge in [0.25, 0.3) is 0 Å². The SMILES string of the molecule is Cc1ccccc1.Cc1nc(N(C)C)sc1NC(=O)NS(=O)c1ccc(Cl)cc1. The summed E-state index contributed by atoms with van der Waals surface area (Å²) in [5.41, 5.74) is 2.03. The highest BCUT2D eigenvalue weighted by Gasteiger charge is 2.14. The van der Waals surface area contributed by atoms with Gasteiger partial charge in [0.1, 0.15) is 5.00 Å². The Morgan fingerprint density at radius 2 is 1.69 bits per heavy atom. The van der Waals surface area contributed by atoms with Crippen LogP contribution in [0, 0.1) is 13.8 Å². The first-order valence-corrected chi connectivity index (χ1v) is 11.0. The number of amides is 2. The van der Waals surface area contributed by atoms with Gasteiger partial charge in [0.05, 0.1) is 10.6 Å². The summed E-state index contributed by atoms with van der Waals surface area (Å²) in [4.78, 5) is 18.6. The molecule has 0 spiro atoms. The predicted octanol–water partition coefficient (Wildman–Crippen LogP) is 5.01. The molecule has 2 aromatic carbocycles. The molecule has 3 rings (SSSR count). The molecule has 0 saturated carbocycles. The second kappa shape index (κ2) is 10.9. The van der Waals surface area contributed by atoms with E-state index in [1.165, 1.54) is 16.9 Å². The van der Waals surface area contributed by atoms with Crippen LogP contribution in [0.4, 0.5) is 14.9 Å². The molecule has 0 bridgehead atoms. The number of carbonyl (C=O) groups excluding carboxylic acids is 1. The summed E-state index contributed by atoms with van der Waals surface area (Å²) >= 11 is 7.11. The van der Waals surface area contributed by atoms with Crippen molar-refractivity contribution >= 4 is 50.1 Å². The predicted molar refractivity (Wildman–Crippen MR) is 122 cm³/mol. The van der Waals surface area contributed by atoms with Crippen molar-refractivity contribution in [2.45, 2.75) is 18.7 Å². The number of nitrogens with one attached hydrogen (secondary N) is 2. The lowest BCUT2D eigenvalue weighted by Gasteiger charge is -2.06. The molecule has 0 aliphatic carbocycles. The number of rotatable bonds is 4. The Morgan fingerprint density at radius 1 is 1.07 bits per heavy atom. The minimum Gasteiger partial charge on any atom is -0.354 e. The summed E-state index contributed by atoms with van der Waals surface area (Å²) in [6, 6.07) is 16.1. The van der Waals surface area contributed by atoms with Crippen LogP contribution >= 0.6 is 22.9 Å². The Morgan fingerprint density at radius 3 is 2.17 bits per heavy atom. The summed E-state index contributed by atoms with van der Waals surface area (Å²) < 4.78 is 14.4. The third-order valence-corrected chi connectivity index (χ3v) is 6.11. The third kappa shape index (κ3) is 7.49. The van der Waals surface area contributed by atoms with Crippen molar-refractivity contribution in [1.82, 2.24) is 9.71 Å². The van der Waals surface area contributed by atoms with Gasteiger partial charge >= 0.3 is 6.03 Å². The minimum atomic E-state index is -1.65. The average Bonchev–Trinajstić information content (AvgIpc) is 3.04. The molecule has 154 valence electrons. The Bertz CT molecular complexity index is 960. The molecule has 2 amide bonds. The van der Waals surface area contributed by atoms with Crippen LogP contribution in [0.5, 0.6) is 0 Å². The van der Waals surface area contributed by atoms with Crippen molar-refractivity contribution in [1.29, 1.82) is 0 Å². The molecule has 1 atom stereocenters. The van der Waals surface area contributed by atoms with Crippen LogP contribution < -0.4 is 14.9 Å². The van der Waals surface area contributed by atoms with Crippen LogP contribution in [0.1, 0.15) is 11.3 Å². The number of aromatic nitrogens is 1. The molecule has 1 unspecified atom stereocenters. The van der Waals surface area contributed by atoms with Crippen LogP contribution in [0.25, 0.3) is 0 Å². The maximum absolute atomic E-state index is 12.0. The van der Waals surface area contributed by atoms with Gasteiger partial charge in [0.2, 0.25) is 0 Å². The van der Waals surface area contributed by atoms with Gasteiger partial charge in [-0.05, 0) is 38.1 Å². The highest BCUT2D eigenvalue weighted by Crippen LogP contribution is 2.29. The van der Waals surface area contributed by atoms with Gasteiger partial charge in [-0.1, -0.05) is 58.8 Å².